The molecule has 0 aromatic carbocycles. The quantitative estimate of drug-likeness (QED) is 0.653. The highest BCUT2D eigenvalue weighted by Crippen LogP contribution is 2.33. The second-order valence-corrected chi connectivity index (χ2v) is 7.67. The standard InChI is InChI=1S/C19H20N6O2S/c26-18(27)10-13-4-8-25(9-5-13)19-22-11-15(28-19)14-2-1-3-16(23-14)24-17-12-20-6-7-21-17/h1-3,6-7,11-13H,4-5,8-10H2,(H,26,27)(H,21,23,24). The average molecular weight is 396 g/mol. The number of aliphatic carboxylic acids is 1. The molecule has 1 aliphatic heterocycles. The summed E-state index contributed by atoms with van der Waals surface area (Å²) < 4.78 is 0. The second-order valence-electron chi connectivity index (χ2n) is 6.66. The highest BCUT2D eigenvalue weighted by Gasteiger charge is 2.23. The zero-order valence-electron chi connectivity index (χ0n) is 15.2. The molecule has 144 valence electrons. The summed E-state index contributed by atoms with van der Waals surface area (Å²) in [6.07, 6.45) is 8.77. The molecule has 0 saturated carbocycles. The van der Waals surface area contributed by atoms with Gasteiger partial charge in [-0.05, 0) is 30.9 Å². The number of pyridine rings is 1. The minimum absolute atomic E-state index is 0.256. The number of piperidine rings is 1. The van der Waals surface area contributed by atoms with Crippen molar-refractivity contribution in [2.75, 3.05) is 23.3 Å². The third kappa shape index (κ3) is 4.42. The summed E-state index contributed by atoms with van der Waals surface area (Å²) in [5, 5.41) is 13.1. The zero-order chi connectivity index (χ0) is 19.3. The fraction of sp³-hybridized carbons (Fsp3) is 0.316. The first-order valence-electron chi connectivity index (χ1n) is 9.10. The number of carboxylic acid groups (broad SMARTS) is 1. The molecule has 4 heterocycles. The molecule has 0 spiro atoms. The van der Waals surface area contributed by atoms with Gasteiger partial charge in [-0.25, -0.2) is 15.0 Å². The Bertz CT molecular complexity index is 940. The third-order valence-electron chi connectivity index (χ3n) is 4.66. The highest BCUT2D eigenvalue weighted by molar-refractivity contribution is 7.18. The zero-order valence-corrected chi connectivity index (χ0v) is 16.0. The van der Waals surface area contributed by atoms with Gasteiger partial charge in [0.25, 0.3) is 0 Å². The Kier molecular flexibility index (Phi) is 5.43. The lowest BCUT2D eigenvalue weighted by Gasteiger charge is -2.30. The van der Waals surface area contributed by atoms with Gasteiger partial charge in [0, 0.05) is 38.1 Å². The SMILES string of the molecule is O=C(O)CC1CCN(c2ncc(-c3cccc(Nc4cnccn4)n3)s2)CC1. The van der Waals surface area contributed by atoms with E-state index in [4.69, 9.17) is 5.11 Å². The highest BCUT2D eigenvalue weighted by atomic mass is 32.1. The third-order valence-corrected chi connectivity index (χ3v) is 5.74. The van der Waals surface area contributed by atoms with Gasteiger partial charge in [0.15, 0.2) is 5.13 Å². The summed E-state index contributed by atoms with van der Waals surface area (Å²) >= 11 is 1.60. The van der Waals surface area contributed by atoms with E-state index in [2.05, 4.69) is 30.2 Å². The van der Waals surface area contributed by atoms with Crippen molar-refractivity contribution in [1.29, 1.82) is 0 Å². The molecule has 3 aromatic heterocycles. The number of carbonyl (C=O) groups is 1. The lowest BCUT2D eigenvalue weighted by Crippen LogP contribution is -2.34. The Balaban J connectivity index is 1.43. The Hall–Kier alpha value is -3.07. The number of carboxylic acids is 1. The van der Waals surface area contributed by atoms with Crippen LogP contribution in [0.15, 0.2) is 43.0 Å². The van der Waals surface area contributed by atoms with Gasteiger partial charge in [-0.2, -0.15) is 0 Å². The van der Waals surface area contributed by atoms with E-state index in [1.54, 1.807) is 29.9 Å². The van der Waals surface area contributed by atoms with Crippen LogP contribution in [0.2, 0.25) is 0 Å². The summed E-state index contributed by atoms with van der Waals surface area (Å²) in [6.45, 7) is 1.68. The van der Waals surface area contributed by atoms with Gasteiger partial charge in [0.2, 0.25) is 0 Å². The Morgan fingerprint density at radius 2 is 2.04 bits per heavy atom. The molecule has 3 aromatic rings. The summed E-state index contributed by atoms with van der Waals surface area (Å²) in [4.78, 5) is 31.5. The Morgan fingerprint density at radius 3 is 2.79 bits per heavy atom. The van der Waals surface area contributed by atoms with E-state index in [-0.39, 0.29) is 12.3 Å². The van der Waals surface area contributed by atoms with Crippen molar-refractivity contribution in [3.63, 3.8) is 0 Å². The topological polar surface area (TPSA) is 104 Å². The van der Waals surface area contributed by atoms with Crippen LogP contribution in [0.1, 0.15) is 19.3 Å². The number of hydrogen-bond donors (Lipinski definition) is 2. The van der Waals surface area contributed by atoms with E-state index in [9.17, 15) is 4.79 Å². The smallest absolute Gasteiger partial charge is 0.303 e. The molecule has 8 nitrogen and oxygen atoms in total. The fourth-order valence-corrected chi connectivity index (χ4v) is 4.18. The first-order valence-corrected chi connectivity index (χ1v) is 9.92. The van der Waals surface area contributed by atoms with Crippen molar-refractivity contribution in [1.82, 2.24) is 19.9 Å². The molecular weight excluding hydrogens is 376 g/mol. The molecule has 0 atom stereocenters. The number of hydrogen-bond acceptors (Lipinski definition) is 8. The van der Waals surface area contributed by atoms with Crippen LogP contribution in [0.4, 0.5) is 16.8 Å². The number of thiazole rings is 1. The van der Waals surface area contributed by atoms with Gasteiger partial charge >= 0.3 is 5.97 Å². The van der Waals surface area contributed by atoms with Crippen molar-refractivity contribution >= 4 is 34.1 Å². The minimum Gasteiger partial charge on any atom is -0.481 e. The summed E-state index contributed by atoms with van der Waals surface area (Å²) in [5.74, 6) is 0.888. The molecule has 1 saturated heterocycles. The molecule has 0 radical (unpaired) electrons. The van der Waals surface area contributed by atoms with Gasteiger partial charge in [0.05, 0.1) is 16.8 Å². The fourth-order valence-electron chi connectivity index (χ4n) is 3.24. The molecule has 0 bridgehead atoms. The monoisotopic (exact) mass is 396 g/mol. The maximum atomic E-state index is 10.9. The molecule has 28 heavy (non-hydrogen) atoms. The Morgan fingerprint density at radius 1 is 1.18 bits per heavy atom. The molecular formula is C19H20N6O2S. The Labute approximate surface area is 166 Å². The van der Waals surface area contributed by atoms with E-state index in [0.717, 1.165) is 41.6 Å². The molecule has 9 heteroatoms. The molecule has 1 fully saturated rings. The lowest BCUT2D eigenvalue weighted by molar-refractivity contribution is -0.138. The maximum Gasteiger partial charge on any atom is 0.303 e. The minimum atomic E-state index is -0.712. The van der Waals surface area contributed by atoms with Crippen LogP contribution in [0.5, 0.6) is 0 Å². The second kappa shape index (κ2) is 8.30. The predicted molar refractivity (Wildman–Crippen MR) is 108 cm³/mol. The van der Waals surface area contributed by atoms with Crippen LogP contribution in [-0.4, -0.2) is 44.1 Å². The van der Waals surface area contributed by atoms with Crippen molar-refractivity contribution < 1.29 is 9.90 Å². The molecule has 0 aliphatic carbocycles. The van der Waals surface area contributed by atoms with Gasteiger partial charge in [-0.15, -0.1) is 0 Å². The molecule has 0 amide bonds. The van der Waals surface area contributed by atoms with E-state index in [1.807, 2.05) is 24.4 Å². The maximum absolute atomic E-state index is 10.9. The van der Waals surface area contributed by atoms with Crippen LogP contribution in [0.25, 0.3) is 10.6 Å². The molecule has 2 N–H and O–H groups in total. The van der Waals surface area contributed by atoms with Gasteiger partial charge in [-0.1, -0.05) is 17.4 Å². The normalized spacial score (nSPS) is 14.8. The number of rotatable bonds is 6. The van der Waals surface area contributed by atoms with Crippen LogP contribution in [0.3, 0.4) is 0 Å². The first kappa shape index (κ1) is 18.3. The average Bonchev–Trinajstić information content (AvgIpc) is 3.19. The van der Waals surface area contributed by atoms with Crippen molar-refractivity contribution in [2.24, 2.45) is 5.92 Å². The molecule has 0 unspecified atom stereocenters. The van der Waals surface area contributed by atoms with E-state index < -0.39 is 5.97 Å². The van der Waals surface area contributed by atoms with E-state index in [0.29, 0.717) is 11.6 Å². The predicted octanol–water partition coefficient (Wildman–Crippen LogP) is 3.43. The van der Waals surface area contributed by atoms with Crippen LogP contribution in [-0.2, 0) is 4.79 Å². The summed E-state index contributed by atoms with van der Waals surface area (Å²) in [6, 6.07) is 5.78. The molecule has 4 rings (SSSR count). The van der Waals surface area contributed by atoms with Gasteiger partial charge in [-0.3, -0.25) is 9.78 Å². The number of aromatic nitrogens is 4. The van der Waals surface area contributed by atoms with Crippen LogP contribution < -0.4 is 10.2 Å². The van der Waals surface area contributed by atoms with Gasteiger partial charge in [0.1, 0.15) is 11.6 Å². The lowest BCUT2D eigenvalue weighted by atomic mass is 9.94. The molecule has 1 aliphatic rings. The summed E-state index contributed by atoms with van der Waals surface area (Å²) in [5.41, 5.74) is 0.846. The number of anilines is 3. The van der Waals surface area contributed by atoms with E-state index in [1.165, 1.54) is 0 Å². The number of nitrogens with zero attached hydrogens (tertiary/aromatic N) is 5. The van der Waals surface area contributed by atoms with E-state index >= 15 is 0 Å². The van der Waals surface area contributed by atoms with Crippen molar-refractivity contribution in [2.45, 2.75) is 19.3 Å². The van der Waals surface area contributed by atoms with Crippen LogP contribution in [0, 0.1) is 5.92 Å². The largest absolute Gasteiger partial charge is 0.481 e. The number of nitrogens with one attached hydrogen (secondary N) is 1. The van der Waals surface area contributed by atoms with Crippen molar-refractivity contribution in [3.05, 3.63) is 43.0 Å². The van der Waals surface area contributed by atoms with Crippen molar-refractivity contribution in [3.8, 4) is 10.6 Å². The van der Waals surface area contributed by atoms with Crippen LogP contribution >= 0.6 is 11.3 Å². The summed E-state index contributed by atoms with van der Waals surface area (Å²) in [7, 11) is 0. The first-order chi connectivity index (χ1) is 13.7. The van der Waals surface area contributed by atoms with Gasteiger partial charge < -0.3 is 15.3 Å².